The lowest BCUT2D eigenvalue weighted by Crippen LogP contribution is -2.48. The second-order valence-corrected chi connectivity index (χ2v) is 7.27. The zero-order chi connectivity index (χ0) is 20.0. The molecule has 0 saturated heterocycles. The second-order valence-electron chi connectivity index (χ2n) is 6.43. The van der Waals surface area contributed by atoms with Gasteiger partial charge in [0.2, 0.25) is 11.8 Å². The summed E-state index contributed by atoms with van der Waals surface area (Å²) >= 11 is 12.3. The van der Waals surface area contributed by atoms with E-state index in [1.807, 2.05) is 38.1 Å². The number of carbonyl (C=O) groups is 2. The number of benzene rings is 2. The van der Waals surface area contributed by atoms with Crippen LogP contribution in [0.3, 0.4) is 0 Å². The summed E-state index contributed by atoms with van der Waals surface area (Å²) in [6, 6.07) is 12.3. The van der Waals surface area contributed by atoms with Crippen LogP contribution in [0, 0.1) is 6.92 Å². The minimum Gasteiger partial charge on any atom is -0.355 e. The molecule has 1 N–H and O–H groups in total. The fourth-order valence-electron chi connectivity index (χ4n) is 2.81. The highest BCUT2D eigenvalue weighted by Crippen LogP contribution is 2.23. The minimum absolute atomic E-state index is 0.130. The van der Waals surface area contributed by atoms with Gasteiger partial charge in [0.1, 0.15) is 6.04 Å². The van der Waals surface area contributed by atoms with Crippen molar-refractivity contribution in [1.82, 2.24) is 10.2 Å². The molecular weight excluding hydrogens is 383 g/mol. The van der Waals surface area contributed by atoms with Crippen LogP contribution in [0.15, 0.2) is 42.5 Å². The first kappa shape index (κ1) is 21.3. The Labute approximate surface area is 170 Å². The summed E-state index contributed by atoms with van der Waals surface area (Å²) < 4.78 is 0. The molecule has 4 nitrogen and oxygen atoms in total. The third-order valence-corrected chi connectivity index (χ3v) is 5.06. The number of amides is 2. The van der Waals surface area contributed by atoms with Crippen molar-refractivity contribution in [1.29, 1.82) is 0 Å². The Kier molecular flexibility index (Phi) is 7.69. The molecule has 0 aliphatic carbocycles. The highest BCUT2D eigenvalue weighted by atomic mass is 35.5. The van der Waals surface area contributed by atoms with Crippen LogP contribution >= 0.6 is 23.2 Å². The van der Waals surface area contributed by atoms with E-state index < -0.39 is 6.04 Å². The maximum absolute atomic E-state index is 13.1. The molecule has 2 aromatic carbocycles. The second kappa shape index (κ2) is 9.77. The predicted octanol–water partition coefficient (Wildman–Crippen LogP) is 4.40. The summed E-state index contributed by atoms with van der Waals surface area (Å²) in [6.45, 7) is 6.28. The van der Waals surface area contributed by atoms with Crippen LogP contribution < -0.4 is 5.32 Å². The average Bonchev–Trinajstić information content (AvgIpc) is 2.62. The molecule has 0 aromatic heterocycles. The van der Waals surface area contributed by atoms with Gasteiger partial charge in [-0.05, 0) is 49.6 Å². The van der Waals surface area contributed by atoms with Gasteiger partial charge < -0.3 is 10.2 Å². The quantitative estimate of drug-likeness (QED) is 0.740. The van der Waals surface area contributed by atoms with Crippen LogP contribution in [0.2, 0.25) is 10.0 Å². The summed E-state index contributed by atoms with van der Waals surface area (Å²) in [4.78, 5) is 27.0. The number of aryl methyl sites for hydroxylation is 1. The zero-order valence-electron chi connectivity index (χ0n) is 15.8. The van der Waals surface area contributed by atoms with E-state index in [-0.39, 0.29) is 24.8 Å². The molecule has 0 bridgehead atoms. The Morgan fingerprint density at radius 1 is 1.11 bits per heavy atom. The fourth-order valence-corrected chi connectivity index (χ4v) is 3.28. The number of hydrogen-bond acceptors (Lipinski definition) is 2. The first-order valence-electron chi connectivity index (χ1n) is 8.89. The number of halogens is 2. The third kappa shape index (κ3) is 5.72. The van der Waals surface area contributed by atoms with E-state index in [9.17, 15) is 9.59 Å². The standard InChI is InChI=1S/C21H24Cl2N2O2/c1-4-24-21(27)15(3)25(13-17-9-10-18(22)12-19(17)23)20(26)11-16-8-6-5-7-14(16)2/h5-10,12,15H,4,11,13H2,1-3H3,(H,24,27). The third-order valence-electron chi connectivity index (χ3n) is 4.48. The topological polar surface area (TPSA) is 49.4 Å². The van der Waals surface area contributed by atoms with E-state index in [1.165, 1.54) is 0 Å². The van der Waals surface area contributed by atoms with Crippen molar-refractivity contribution in [3.05, 3.63) is 69.2 Å². The number of nitrogens with zero attached hydrogens (tertiary/aromatic N) is 1. The SMILES string of the molecule is CCNC(=O)C(C)N(Cc1ccc(Cl)cc1Cl)C(=O)Cc1ccccc1C. The van der Waals surface area contributed by atoms with Gasteiger partial charge >= 0.3 is 0 Å². The van der Waals surface area contributed by atoms with Crippen LogP contribution in [-0.4, -0.2) is 29.3 Å². The zero-order valence-corrected chi connectivity index (χ0v) is 17.3. The van der Waals surface area contributed by atoms with E-state index in [4.69, 9.17) is 23.2 Å². The molecule has 6 heteroatoms. The van der Waals surface area contributed by atoms with Gasteiger partial charge in [0.05, 0.1) is 6.42 Å². The number of likely N-dealkylation sites (N-methyl/N-ethyl adjacent to an activating group) is 1. The molecule has 0 heterocycles. The molecule has 0 aliphatic rings. The largest absolute Gasteiger partial charge is 0.355 e. The maximum atomic E-state index is 13.1. The van der Waals surface area contributed by atoms with Gasteiger partial charge in [-0.15, -0.1) is 0 Å². The molecule has 1 unspecified atom stereocenters. The molecule has 0 saturated carbocycles. The molecule has 2 amide bonds. The van der Waals surface area contributed by atoms with Crippen LogP contribution in [0.1, 0.15) is 30.5 Å². The molecule has 0 aliphatic heterocycles. The van der Waals surface area contributed by atoms with Crippen molar-refractivity contribution < 1.29 is 9.59 Å². The van der Waals surface area contributed by atoms with E-state index in [1.54, 1.807) is 30.0 Å². The summed E-state index contributed by atoms with van der Waals surface area (Å²) in [5, 5.41) is 3.78. The molecule has 27 heavy (non-hydrogen) atoms. The lowest BCUT2D eigenvalue weighted by molar-refractivity contribution is -0.140. The Morgan fingerprint density at radius 2 is 1.81 bits per heavy atom. The molecule has 1 atom stereocenters. The Bertz CT molecular complexity index is 824. The average molecular weight is 407 g/mol. The highest BCUT2D eigenvalue weighted by molar-refractivity contribution is 6.35. The number of rotatable bonds is 7. The van der Waals surface area contributed by atoms with Gasteiger partial charge in [0, 0.05) is 23.1 Å². The summed E-state index contributed by atoms with van der Waals surface area (Å²) in [7, 11) is 0. The van der Waals surface area contributed by atoms with Gasteiger partial charge in [-0.2, -0.15) is 0 Å². The first-order valence-corrected chi connectivity index (χ1v) is 9.64. The number of carbonyl (C=O) groups excluding carboxylic acids is 2. The fraction of sp³-hybridized carbons (Fsp3) is 0.333. The summed E-state index contributed by atoms with van der Waals surface area (Å²) in [5.41, 5.74) is 2.73. The van der Waals surface area contributed by atoms with Gasteiger partial charge in [-0.25, -0.2) is 0 Å². The lowest BCUT2D eigenvalue weighted by atomic mass is 10.0. The van der Waals surface area contributed by atoms with Crippen molar-refractivity contribution in [2.75, 3.05) is 6.54 Å². The Morgan fingerprint density at radius 3 is 2.44 bits per heavy atom. The number of nitrogens with one attached hydrogen (secondary N) is 1. The molecule has 0 spiro atoms. The maximum Gasteiger partial charge on any atom is 0.242 e. The van der Waals surface area contributed by atoms with Crippen molar-refractivity contribution in [2.24, 2.45) is 0 Å². The smallest absolute Gasteiger partial charge is 0.242 e. The predicted molar refractivity (Wildman–Crippen MR) is 110 cm³/mol. The molecule has 144 valence electrons. The first-order chi connectivity index (χ1) is 12.8. The summed E-state index contributed by atoms with van der Waals surface area (Å²) in [5.74, 6) is -0.324. The lowest BCUT2D eigenvalue weighted by Gasteiger charge is -2.29. The number of hydrogen-bond donors (Lipinski definition) is 1. The van der Waals surface area contributed by atoms with E-state index in [2.05, 4.69) is 5.32 Å². The monoisotopic (exact) mass is 406 g/mol. The Hall–Kier alpha value is -2.04. The molecule has 0 fully saturated rings. The van der Waals surface area contributed by atoms with Gasteiger partial charge in [0.15, 0.2) is 0 Å². The van der Waals surface area contributed by atoms with Gasteiger partial charge in [-0.3, -0.25) is 9.59 Å². The minimum atomic E-state index is -0.617. The van der Waals surface area contributed by atoms with Crippen molar-refractivity contribution in [3.8, 4) is 0 Å². The van der Waals surface area contributed by atoms with Crippen molar-refractivity contribution in [2.45, 2.75) is 39.8 Å². The van der Waals surface area contributed by atoms with E-state index in [0.717, 1.165) is 16.7 Å². The molecule has 2 aromatic rings. The van der Waals surface area contributed by atoms with E-state index >= 15 is 0 Å². The van der Waals surface area contributed by atoms with Crippen LogP contribution in [0.5, 0.6) is 0 Å². The van der Waals surface area contributed by atoms with Crippen LogP contribution in [0.25, 0.3) is 0 Å². The van der Waals surface area contributed by atoms with Crippen molar-refractivity contribution in [3.63, 3.8) is 0 Å². The highest BCUT2D eigenvalue weighted by Gasteiger charge is 2.26. The molecule has 2 rings (SSSR count). The normalized spacial score (nSPS) is 11.7. The van der Waals surface area contributed by atoms with E-state index in [0.29, 0.717) is 16.6 Å². The van der Waals surface area contributed by atoms with Gasteiger partial charge in [0.25, 0.3) is 0 Å². The van der Waals surface area contributed by atoms with Crippen LogP contribution in [0.4, 0.5) is 0 Å². The van der Waals surface area contributed by atoms with Gasteiger partial charge in [-0.1, -0.05) is 53.5 Å². The van der Waals surface area contributed by atoms with Crippen LogP contribution in [-0.2, 0) is 22.6 Å². The molecule has 0 radical (unpaired) electrons. The Balaban J connectivity index is 2.29. The molecular formula is C21H24Cl2N2O2. The summed E-state index contributed by atoms with van der Waals surface area (Å²) in [6.07, 6.45) is 0.224. The van der Waals surface area contributed by atoms with Crippen molar-refractivity contribution >= 4 is 35.0 Å².